The molecule has 1 atom stereocenters. The van der Waals surface area contributed by atoms with Crippen molar-refractivity contribution in [2.75, 3.05) is 18.0 Å². The van der Waals surface area contributed by atoms with Gasteiger partial charge in [-0.05, 0) is 49.8 Å². The number of para-hydroxylation sites is 1. The molecule has 1 aromatic heterocycles. The van der Waals surface area contributed by atoms with Gasteiger partial charge in [-0.1, -0.05) is 43.5 Å². The highest BCUT2D eigenvalue weighted by Crippen LogP contribution is 2.52. The zero-order chi connectivity index (χ0) is 22.0. The highest BCUT2D eigenvalue weighted by molar-refractivity contribution is 6.00. The van der Waals surface area contributed by atoms with Gasteiger partial charge in [0, 0.05) is 35.1 Å². The number of aryl methyl sites for hydroxylation is 1. The lowest BCUT2D eigenvalue weighted by molar-refractivity contribution is 0.0697. The zero-order valence-corrected chi connectivity index (χ0v) is 18.5. The second kappa shape index (κ2) is 7.09. The second-order valence-electron chi connectivity index (χ2n) is 9.96. The molecule has 3 aliphatic rings. The number of carbonyl (C=O) groups is 1. The van der Waals surface area contributed by atoms with Crippen LogP contribution in [0.2, 0.25) is 0 Å². The number of carboxylic acids is 1. The van der Waals surface area contributed by atoms with Crippen LogP contribution in [0.5, 0.6) is 0 Å². The third-order valence-corrected chi connectivity index (χ3v) is 7.83. The monoisotopic (exact) mass is 432 g/mol. The first kappa shape index (κ1) is 19.8. The minimum absolute atomic E-state index is 0.325. The Balaban J connectivity index is 1.70. The number of hydrogen-bond donors (Lipinski definition) is 1. The van der Waals surface area contributed by atoms with Gasteiger partial charge in [-0.2, -0.15) is 0 Å². The van der Waals surface area contributed by atoms with E-state index in [-0.39, 0.29) is 0 Å². The van der Waals surface area contributed by atoms with Crippen LogP contribution < -0.4 is 4.90 Å². The maximum atomic E-state index is 15.6. The molecule has 0 radical (unpaired) electrons. The van der Waals surface area contributed by atoms with E-state index < -0.39 is 11.6 Å². The van der Waals surface area contributed by atoms with Gasteiger partial charge >= 0.3 is 5.97 Å². The Kier molecular flexibility index (Phi) is 4.40. The van der Waals surface area contributed by atoms with Gasteiger partial charge in [0.1, 0.15) is 0 Å². The van der Waals surface area contributed by atoms with E-state index in [0.29, 0.717) is 18.0 Å². The molecule has 2 aromatic carbocycles. The molecule has 32 heavy (non-hydrogen) atoms. The van der Waals surface area contributed by atoms with Crippen LogP contribution in [-0.4, -0.2) is 28.7 Å². The maximum Gasteiger partial charge on any atom is 0.335 e. The van der Waals surface area contributed by atoms with E-state index in [4.69, 9.17) is 0 Å². The molecule has 0 saturated heterocycles. The fraction of sp³-hybridized carbons (Fsp3) is 0.444. The number of benzene rings is 2. The average molecular weight is 433 g/mol. The van der Waals surface area contributed by atoms with Crippen LogP contribution in [0, 0.1) is 0 Å². The molecule has 0 bridgehead atoms. The molecule has 2 aliphatic heterocycles. The molecule has 3 heterocycles. The summed E-state index contributed by atoms with van der Waals surface area (Å²) in [6, 6.07) is 11.7. The van der Waals surface area contributed by atoms with Crippen LogP contribution in [0.1, 0.15) is 72.9 Å². The van der Waals surface area contributed by atoms with Gasteiger partial charge in [-0.25, -0.2) is 9.18 Å². The molecule has 1 fully saturated rings. The zero-order valence-electron chi connectivity index (χ0n) is 18.5. The summed E-state index contributed by atoms with van der Waals surface area (Å²) in [4.78, 5) is 14.0. The first-order chi connectivity index (χ1) is 15.5. The fourth-order valence-electron chi connectivity index (χ4n) is 6.47. The van der Waals surface area contributed by atoms with Gasteiger partial charge in [0.05, 0.1) is 23.5 Å². The summed E-state index contributed by atoms with van der Waals surface area (Å²) in [7, 11) is 0. The van der Waals surface area contributed by atoms with Crippen LogP contribution in [0.15, 0.2) is 36.4 Å². The van der Waals surface area contributed by atoms with Crippen LogP contribution >= 0.6 is 0 Å². The topological polar surface area (TPSA) is 45.5 Å². The number of nitrogens with zero attached hydrogens (tertiary/aromatic N) is 2. The summed E-state index contributed by atoms with van der Waals surface area (Å²) < 4.78 is 17.9. The minimum atomic E-state index is -1.35. The molecule has 6 rings (SSSR count). The number of anilines is 1. The standard InChI is InChI=1S/C27H29FN2O2/c1-27(28)16-29-13-6-14-30-22-15-18(26(31)32)11-12-19(22)23(17-7-3-2-4-8-17)25(30)20-9-5-10-21(27)24(20)29/h5,9-12,15,17H,2-4,6-8,13-14,16H2,1H3,(H,31,32)/t27-/m0/s1. The molecule has 166 valence electrons. The van der Waals surface area contributed by atoms with E-state index in [2.05, 4.69) is 15.5 Å². The molecular weight excluding hydrogens is 403 g/mol. The summed E-state index contributed by atoms with van der Waals surface area (Å²) in [5.74, 6) is -0.437. The van der Waals surface area contributed by atoms with Gasteiger partial charge in [-0.3, -0.25) is 0 Å². The Bertz CT molecular complexity index is 1240. The third-order valence-electron chi connectivity index (χ3n) is 7.83. The van der Waals surface area contributed by atoms with Crippen molar-refractivity contribution in [2.24, 2.45) is 0 Å². The van der Waals surface area contributed by atoms with Crippen molar-refractivity contribution < 1.29 is 14.3 Å². The molecule has 5 heteroatoms. The van der Waals surface area contributed by atoms with Crippen molar-refractivity contribution in [1.82, 2.24) is 4.57 Å². The number of fused-ring (bicyclic) bond motifs is 4. The first-order valence-electron chi connectivity index (χ1n) is 11.9. The Morgan fingerprint density at radius 2 is 1.91 bits per heavy atom. The number of carboxylic acid groups (broad SMARTS) is 1. The van der Waals surface area contributed by atoms with Crippen LogP contribution in [0.25, 0.3) is 22.2 Å². The Morgan fingerprint density at radius 1 is 1.09 bits per heavy atom. The molecule has 0 spiro atoms. The fourth-order valence-corrected chi connectivity index (χ4v) is 6.47. The van der Waals surface area contributed by atoms with E-state index >= 15 is 4.39 Å². The number of alkyl halides is 1. The first-order valence-corrected chi connectivity index (χ1v) is 11.9. The number of aromatic carboxylic acids is 1. The molecule has 0 unspecified atom stereocenters. The molecular formula is C27H29FN2O2. The summed E-state index contributed by atoms with van der Waals surface area (Å²) in [6.45, 7) is 3.72. The van der Waals surface area contributed by atoms with Gasteiger partial charge in [0.2, 0.25) is 0 Å². The van der Waals surface area contributed by atoms with Crippen molar-refractivity contribution in [2.45, 2.75) is 63.6 Å². The Labute approximate surface area is 187 Å². The van der Waals surface area contributed by atoms with Gasteiger partial charge in [0.15, 0.2) is 5.67 Å². The van der Waals surface area contributed by atoms with E-state index in [0.717, 1.165) is 54.7 Å². The molecule has 1 saturated carbocycles. The molecule has 4 nitrogen and oxygen atoms in total. The van der Waals surface area contributed by atoms with Crippen molar-refractivity contribution in [3.8, 4) is 11.3 Å². The average Bonchev–Trinajstić information content (AvgIpc) is 3.24. The summed E-state index contributed by atoms with van der Waals surface area (Å²) in [6.07, 6.45) is 6.96. The lowest BCUT2D eigenvalue weighted by atomic mass is 9.81. The lowest BCUT2D eigenvalue weighted by Crippen LogP contribution is -2.30. The van der Waals surface area contributed by atoms with Crippen LogP contribution in [-0.2, 0) is 12.2 Å². The van der Waals surface area contributed by atoms with E-state index in [1.165, 1.54) is 35.9 Å². The third kappa shape index (κ3) is 2.83. The SMILES string of the molecule is C[C@]1(F)CN2CCCn3c(c(C4CCCCC4)c4ccc(C(=O)O)cc43)-c3cccc1c32. The molecule has 1 aliphatic carbocycles. The predicted octanol–water partition coefficient (Wildman–Crippen LogP) is 6.46. The van der Waals surface area contributed by atoms with Crippen LogP contribution in [0.3, 0.4) is 0 Å². The Hall–Kier alpha value is -2.82. The molecule has 3 aromatic rings. The van der Waals surface area contributed by atoms with E-state index in [1.54, 1.807) is 13.0 Å². The summed E-state index contributed by atoms with van der Waals surface area (Å²) in [5, 5.41) is 10.8. The highest BCUT2D eigenvalue weighted by Gasteiger charge is 2.42. The van der Waals surface area contributed by atoms with Gasteiger partial charge in [-0.15, -0.1) is 0 Å². The van der Waals surface area contributed by atoms with Gasteiger partial charge < -0.3 is 14.6 Å². The van der Waals surface area contributed by atoms with Gasteiger partial charge in [0.25, 0.3) is 0 Å². The van der Waals surface area contributed by atoms with Crippen molar-refractivity contribution in [3.63, 3.8) is 0 Å². The number of hydrogen-bond acceptors (Lipinski definition) is 2. The molecule has 0 amide bonds. The summed E-state index contributed by atoms with van der Waals surface area (Å²) >= 11 is 0. The summed E-state index contributed by atoms with van der Waals surface area (Å²) in [5.41, 5.74) is 5.45. The van der Waals surface area contributed by atoms with Crippen molar-refractivity contribution >= 4 is 22.6 Å². The van der Waals surface area contributed by atoms with Crippen molar-refractivity contribution in [3.05, 3.63) is 53.1 Å². The number of aromatic nitrogens is 1. The largest absolute Gasteiger partial charge is 0.478 e. The number of rotatable bonds is 2. The molecule has 1 N–H and O–H groups in total. The highest BCUT2D eigenvalue weighted by atomic mass is 19.1. The quantitative estimate of drug-likeness (QED) is 0.505. The lowest BCUT2D eigenvalue weighted by Gasteiger charge is -2.29. The van der Waals surface area contributed by atoms with Crippen molar-refractivity contribution in [1.29, 1.82) is 0 Å². The smallest absolute Gasteiger partial charge is 0.335 e. The number of halogens is 1. The van der Waals surface area contributed by atoms with Crippen LogP contribution in [0.4, 0.5) is 10.1 Å². The second-order valence-corrected chi connectivity index (χ2v) is 9.96. The Morgan fingerprint density at radius 3 is 2.69 bits per heavy atom. The maximum absolute atomic E-state index is 15.6. The minimum Gasteiger partial charge on any atom is -0.478 e. The normalized spacial score (nSPS) is 23.0. The van der Waals surface area contributed by atoms with E-state index in [9.17, 15) is 9.90 Å². The van der Waals surface area contributed by atoms with E-state index in [1.807, 2.05) is 24.3 Å². The predicted molar refractivity (Wildman–Crippen MR) is 125 cm³/mol.